The van der Waals surface area contributed by atoms with Crippen molar-refractivity contribution in [1.82, 2.24) is 19.9 Å². The molecule has 1 aromatic heterocycles. The molecule has 0 radical (unpaired) electrons. The second-order valence-electron chi connectivity index (χ2n) is 8.86. The van der Waals surface area contributed by atoms with Gasteiger partial charge in [-0.05, 0) is 18.4 Å². The maximum absolute atomic E-state index is 12.5. The number of carbonyl (C=O) groups excluding carboxylic acids is 2. The predicted molar refractivity (Wildman–Crippen MR) is 114 cm³/mol. The van der Waals surface area contributed by atoms with E-state index in [2.05, 4.69) is 22.3 Å². The summed E-state index contributed by atoms with van der Waals surface area (Å²) < 4.78 is 5.26. The Labute approximate surface area is 178 Å². The van der Waals surface area contributed by atoms with Crippen LogP contribution >= 0.6 is 0 Å². The standard InChI is InChI=1S/C23H32N4O3/c1-23(2,3)22-24-19(30-25-22)12-13-21(29)27-16-14-26(15-17-27)20(28)11-7-10-18-8-5-4-6-9-18/h4-6,8-9H,7,10-17H2,1-3H3. The van der Waals surface area contributed by atoms with Crippen LogP contribution in [0.15, 0.2) is 34.9 Å². The minimum absolute atomic E-state index is 0.0710. The van der Waals surface area contributed by atoms with Gasteiger partial charge in [0.1, 0.15) is 0 Å². The van der Waals surface area contributed by atoms with E-state index in [1.807, 2.05) is 48.8 Å². The lowest BCUT2D eigenvalue weighted by atomic mass is 9.96. The molecule has 162 valence electrons. The summed E-state index contributed by atoms with van der Waals surface area (Å²) in [5.41, 5.74) is 1.09. The van der Waals surface area contributed by atoms with Crippen molar-refractivity contribution in [3.8, 4) is 0 Å². The molecule has 0 bridgehead atoms. The number of hydrogen-bond donors (Lipinski definition) is 0. The van der Waals surface area contributed by atoms with Gasteiger partial charge in [-0.25, -0.2) is 0 Å². The minimum atomic E-state index is -0.171. The van der Waals surface area contributed by atoms with E-state index in [1.54, 1.807) is 0 Å². The molecule has 3 rings (SSSR count). The van der Waals surface area contributed by atoms with E-state index in [9.17, 15) is 9.59 Å². The Morgan fingerprint density at radius 2 is 1.53 bits per heavy atom. The van der Waals surface area contributed by atoms with Crippen LogP contribution in [0.2, 0.25) is 0 Å². The number of benzene rings is 1. The van der Waals surface area contributed by atoms with Crippen molar-refractivity contribution in [2.24, 2.45) is 0 Å². The van der Waals surface area contributed by atoms with Gasteiger partial charge in [-0.15, -0.1) is 0 Å². The van der Waals surface area contributed by atoms with Crippen molar-refractivity contribution in [3.05, 3.63) is 47.6 Å². The molecular formula is C23H32N4O3. The highest BCUT2D eigenvalue weighted by molar-refractivity contribution is 5.78. The van der Waals surface area contributed by atoms with Crippen molar-refractivity contribution < 1.29 is 14.1 Å². The van der Waals surface area contributed by atoms with Crippen LogP contribution in [0, 0.1) is 0 Å². The summed E-state index contributed by atoms with van der Waals surface area (Å²) in [7, 11) is 0. The SMILES string of the molecule is CC(C)(C)c1noc(CCC(=O)N2CCN(C(=O)CCCc3ccccc3)CC2)n1. The molecule has 1 aliphatic heterocycles. The van der Waals surface area contributed by atoms with E-state index in [0.29, 0.717) is 57.2 Å². The topological polar surface area (TPSA) is 79.5 Å². The quantitative estimate of drug-likeness (QED) is 0.698. The predicted octanol–water partition coefficient (Wildman–Crippen LogP) is 2.99. The zero-order valence-electron chi connectivity index (χ0n) is 18.3. The van der Waals surface area contributed by atoms with Crippen LogP contribution in [-0.4, -0.2) is 57.9 Å². The molecule has 0 N–H and O–H groups in total. The molecule has 0 saturated carbocycles. The Balaban J connectivity index is 1.36. The number of aromatic nitrogens is 2. The maximum Gasteiger partial charge on any atom is 0.227 e. The van der Waals surface area contributed by atoms with Crippen LogP contribution < -0.4 is 0 Å². The second-order valence-corrected chi connectivity index (χ2v) is 8.86. The molecule has 1 saturated heterocycles. The molecule has 1 aromatic carbocycles. The van der Waals surface area contributed by atoms with Gasteiger partial charge in [0.2, 0.25) is 17.7 Å². The summed E-state index contributed by atoms with van der Waals surface area (Å²) in [5.74, 6) is 1.41. The number of nitrogens with zero attached hydrogens (tertiary/aromatic N) is 4. The van der Waals surface area contributed by atoms with E-state index >= 15 is 0 Å². The van der Waals surface area contributed by atoms with E-state index in [4.69, 9.17) is 4.52 Å². The molecule has 0 aliphatic carbocycles. The fourth-order valence-electron chi connectivity index (χ4n) is 3.48. The zero-order chi connectivity index (χ0) is 21.6. The average Bonchev–Trinajstić information content (AvgIpc) is 3.22. The molecule has 0 spiro atoms. The highest BCUT2D eigenvalue weighted by Crippen LogP contribution is 2.19. The lowest BCUT2D eigenvalue weighted by molar-refractivity contribution is -0.139. The third-order valence-electron chi connectivity index (χ3n) is 5.38. The van der Waals surface area contributed by atoms with Crippen LogP contribution in [0.25, 0.3) is 0 Å². The van der Waals surface area contributed by atoms with Gasteiger partial charge in [0, 0.05) is 50.9 Å². The first kappa shape index (κ1) is 22.0. The smallest absolute Gasteiger partial charge is 0.227 e. The summed E-state index contributed by atoms with van der Waals surface area (Å²) in [5, 5.41) is 4.00. The van der Waals surface area contributed by atoms with Crippen molar-refractivity contribution in [2.45, 2.75) is 58.3 Å². The van der Waals surface area contributed by atoms with Crippen molar-refractivity contribution in [3.63, 3.8) is 0 Å². The van der Waals surface area contributed by atoms with E-state index in [1.165, 1.54) is 5.56 Å². The number of hydrogen-bond acceptors (Lipinski definition) is 5. The third kappa shape index (κ3) is 6.15. The molecular weight excluding hydrogens is 380 g/mol. The average molecular weight is 413 g/mol. The maximum atomic E-state index is 12.5. The Morgan fingerprint density at radius 1 is 0.933 bits per heavy atom. The summed E-state index contributed by atoms with van der Waals surface area (Å²) in [4.78, 5) is 33.1. The number of amides is 2. The van der Waals surface area contributed by atoms with E-state index in [-0.39, 0.29) is 17.2 Å². The van der Waals surface area contributed by atoms with Crippen LogP contribution in [0.5, 0.6) is 0 Å². The fourth-order valence-corrected chi connectivity index (χ4v) is 3.48. The van der Waals surface area contributed by atoms with Crippen LogP contribution in [0.4, 0.5) is 0 Å². The van der Waals surface area contributed by atoms with Crippen LogP contribution in [0.1, 0.15) is 57.3 Å². The highest BCUT2D eigenvalue weighted by Gasteiger charge is 2.25. The van der Waals surface area contributed by atoms with Gasteiger partial charge in [-0.3, -0.25) is 9.59 Å². The van der Waals surface area contributed by atoms with E-state index < -0.39 is 0 Å². The van der Waals surface area contributed by atoms with Gasteiger partial charge < -0.3 is 14.3 Å². The minimum Gasteiger partial charge on any atom is -0.339 e. The molecule has 0 atom stereocenters. The largest absolute Gasteiger partial charge is 0.339 e. The molecule has 1 fully saturated rings. The normalized spacial score (nSPS) is 14.8. The number of aryl methyl sites for hydroxylation is 2. The van der Waals surface area contributed by atoms with Gasteiger partial charge in [-0.2, -0.15) is 4.98 Å². The molecule has 2 heterocycles. The van der Waals surface area contributed by atoms with Crippen molar-refractivity contribution in [2.75, 3.05) is 26.2 Å². The Bertz CT molecular complexity index is 834. The molecule has 7 nitrogen and oxygen atoms in total. The Kier molecular flexibility index (Phi) is 7.24. The van der Waals surface area contributed by atoms with Crippen molar-refractivity contribution >= 4 is 11.8 Å². The summed E-state index contributed by atoms with van der Waals surface area (Å²) >= 11 is 0. The van der Waals surface area contributed by atoms with Crippen molar-refractivity contribution in [1.29, 1.82) is 0 Å². The monoisotopic (exact) mass is 412 g/mol. The lowest BCUT2D eigenvalue weighted by Gasteiger charge is -2.35. The molecule has 2 aromatic rings. The Morgan fingerprint density at radius 3 is 2.10 bits per heavy atom. The summed E-state index contributed by atoms with van der Waals surface area (Å²) in [6.45, 7) is 8.44. The molecule has 1 aliphatic rings. The summed E-state index contributed by atoms with van der Waals surface area (Å²) in [6, 6.07) is 10.2. The van der Waals surface area contributed by atoms with Gasteiger partial charge in [0.25, 0.3) is 0 Å². The third-order valence-corrected chi connectivity index (χ3v) is 5.38. The first-order valence-electron chi connectivity index (χ1n) is 10.8. The van der Waals surface area contributed by atoms with E-state index in [0.717, 1.165) is 12.8 Å². The zero-order valence-corrected chi connectivity index (χ0v) is 18.3. The molecule has 30 heavy (non-hydrogen) atoms. The van der Waals surface area contributed by atoms with Gasteiger partial charge in [-0.1, -0.05) is 56.3 Å². The number of rotatable bonds is 7. The highest BCUT2D eigenvalue weighted by atomic mass is 16.5. The van der Waals surface area contributed by atoms with Gasteiger partial charge in [0.05, 0.1) is 0 Å². The summed E-state index contributed by atoms with van der Waals surface area (Å²) in [6.07, 6.45) is 3.10. The first-order valence-corrected chi connectivity index (χ1v) is 10.8. The lowest BCUT2D eigenvalue weighted by Crippen LogP contribution is -2.50. The van der Waals surface area contributed by atoms with Crippen LogP contribution in [0.3, 0.4) is 0 Å². The Hall–Kier alpha value is -2.70. The number of piperazine rings is 1. The molecule has 0 unspecified atom stereocenters. The number of carbonyl (C=O) groups is 2. The first-order chi connectivity index (χ1) is 14.3. The fraction of sp³-hybridized carbons (Fsp3) is 0.565. The van der Waals surface area contributed by atoms with Gasteiger partial charge in [0.15, 0.2) is 5.82 Å². The molecule has 2 amide bonds. The molecule has 7 heteroatoms. The second kappa shape index (κ2) is 9.87. The van der Waals surface area contributed by atoms with Gasteiger partial charge >= 0.3 is 0 Å². The van der Waals surface area contributed by atoms with Crippen LogP contribution in [-0.2, 0) is 27.8 Å².